The summed E-state index contributed by atoms with van der Waals surface area (Å²) in [6, 6.07) is 16.7. The van der Waals surface area contributed by atoms with E-state index < -0.39 is 0 Å². The second-order valence-electron chi connectivity index (χ2n) is 5.08. The van der Waals surface area contributed by atoms with Crippen LogP contribution in [0.25, 0.3) is 0 Å². The summed E-state index contributed by atoms with van der Waals surface area (Å²) in [4.78, 5) is 4.73. The number of hydrogen-bond donors (Lipinski definition) is 1. The Morgan fingerprint density at radius 3 is 2.58 bits per heavy atom. The first-order valence-electron chi connectivity index (χ1n) is 6.63. The summed E-state index contributed by atoms with van der Waals surface area (Å²) < 4.78 is 0. The van der Waals surface area contributed by atoms with Crippen LogP contribution in [-0.2, 0) is 6.54 Å². The van der Waals surface area contributed by atoms with Crippen LogP contribution >= 0.6 is 0 Å². The molecule has 2 aromatic carbocycles. The van der Waals surface area contributed by atoms with Crippen molar-refractivity contribution in [3.05, 3.63) is 54.1 Å². The maximum Gasteiger partial charge on any atom is 0.0607 e. The molecular formula is C16H19N3. The van der Waals surface area contributed by atoms with Crippen LogP contribution < -0.4 is 15.5 Å². The van der Waals surface area contributed by atoms with Gasteiger partial charge in [-0.1, -0.05) is 24.3 Å². The number of nitrogens with zero attached hydrogens (tertiary/aromatic N) is 2. The van der Waals surface area contributed by atoms with E-state index in [1.165, 1.54) is 16.9 Å². The molecule has 0 saturated heterocycles. The van der Waals surface area contributed by atoms with Crippen LogP contribution in [0, 0.1) is 0 Å². The summed E-state index contributed by atoms with van der Waals surface area (Å²) in [6.07, 6.45) is 0. The molecule has 0 atom stereocenters. The highest BCUT2D eigenvalue weighted by atomic mass is 15.2. The summed E-state index contributed by atoms with van der Waals surface area (Å²) >= 11 is 0. The third-order valence-corrected chi connectivity index (χ3v) is 3.66. The van der Waals surface area contributed by atoms with Crippen LogP contribution in [0.2, 0.25) is 0 Å². The molecule has 3 nitrogen and oxygen atoms in total. The summed E-state index contributed by atoms with van der Waals surface area (Å²) in [5, 5.41) is 0. The molecule has 1 aliphatic heterocycles. The van der Waals surface area contributed by atoms with E-state index in [-0.39, 0.29) is 0 Å². The molecule has 2 N–H and O–H groups in total. The monoisotopic (exact) mass is 253 g/mol. The van der Waals surface area contributed by atoms with Crippen molar-refractivity contribution in [1.82, 2.24) is 0 Å². The Hall–Kier alpha value is -2.16. The summed E-state index contributed by atoms with van der Waals surface area (Å²) in [6.45, 7) is 3.01. The zero-order chi connectivity index (χ0) is 13.2. The fourth-order valence-corrected chi connectivity index (χ4v) is 2.64. The topological polar surface area (TPSA) is 32.5 Å². The van der Waals surface area contributed by atoms with E-state index in [9.17, 15) is 0 Å². The third kappa shape index (κ3) is 2.36. The number of rotatable bonds is 2. The maximum atomic E-state index is 5.85. The lowest BCUT2D eigenvalue weighted by atomic mass is 10.1. The molecule has 0 aromatic heterocycles. The van der Waals surface area contributed by atoms with E-state index >= 15 is 0 Å². The van der Waals surface area contributed by atoms with Crippen LogP contribution in [0.4, 0.5) is 17.1 Å². The van der Waals surface area contributed by atoms with Crippen LogP contribution in [0.3, 0.4) is 0 Å². The first-order valence-corrected chi connectivity index (χ1v) is 6.63. The fourth-order valence-electron chi connectivity index (χ4n) is 2.64. The SMILES string of the molecule is CN1CCN(Cc2cccc(N)c2)c2ccccc21. The number of hydrogen-bond acceptors (Lipinski definition) is 3. The lowest BCUT2D eigenvalue weighted by molar-refractivity contribution is 0.735. The summed E-state index contributed by atoms with van der Waals surface area (Å²) in [5.41, 5.74) is 10.6. The number of nitrogens with two attached hydrogens (primary N) is 1. The van der Waals surface area contributed by atoms with Gasteiger partial charge >= 0.3 is 0 Å². The largest absolute Gasteiger partial charge is 0.399 e. The van der Waals surface area contributed by atoms with E-state index in [0.29, 0.717) is 0 Å². The Kier molecular flexibility index (Phi) is 3.03. The maximum absolute atomic E-state index is 5.85. The minimum Gasteiger partial charge on any atom is -0.399 e. The van der Waals surface area contributed by atoms with Gasteiger partial charge in [-0.15, -0.1) is 0 Å². The van der Waals surface area contributed by atoms with Gasteiger partial charge in [-0.05, 0) is 29.8 Å². The lowest BCUT2D eigenvalue weighted by Crippen LogP contribution is -2.38. The number of likely N-dealkylation sites (N-methyl/N-ethyl adjacent to an activating group) is 1. The Labute approximate surface area is 114 Å². The number of benzene rings is 2. The van der Waals surface area contributed by atoms with E-state index in [1.807, 2.05) is 12.1 Å². The molecule has 19 heavy (non-hydrogen) atoms. The Morgan fingerprint density at radius 1 is 1.00 bits per heavy atom. The predicted molar refractivity (Wildman–Crippen MR) is 81.6 cm³/mol. The van der Waals surface area contributed by atoms with Crippen molar-refractivity contribution in [2.45, 2.75) is 6.54 Å². The zero-order valence-corrected chi connectivity index (χ0v) is 11.2. The van der Waals surface area contributed by atoms with Crippen LogP contribution in [0.1, 0.15) is 5.56 Å². The number of para-hydroxylation sites is 2. The molecule has 0 bridgehead atoms. The second kappa shape index (κ2) is 4.84. The molecule has 0 spiro atoms. The van der Waals surface area contributed by atoms with Gasteiger partial charge < -0.3 is 15.5 Å². The molecule has 3 rings (SSSR count). The number of anilines is 3. The fraction of sp³-hybridized carbons (Fsp3) is 0.250. The van der Waals surface area contributed by atoms with Crippen molar-refractivity contribution in [3.8, 4) is 0 Å². The second-order valence-corrected chi connectivity index (χ2v) is 5.08. The number of nitrogen functional groups attached to an aromatic ring is 1. The Bertz CT molecular complexity index is 580. The molecule has 1 aliphatic rings. The highest BCUT2D eigenvalue weighted by Crippen LogP contribution is 2.32. The van der Waals surface area contributed by atoms with Gasteiger partial charge in [0.05, 0.1) is 11.4 Å². The third-order valence-electron chi connectivity index (χ3n) is 3.66. The number of fused-ring (bicyclic) bond motifs is 1. The average Bonchev–Trinajstić information content (AvgIpc) is 2.42. The van der Waals surface area contributed by atoms with Gasteiger partial charge in [0, 0.05) is 32.4 Å². The highest BCUT2D eigenvalue weighted by molar-refractivity contribution is 5.73. The van der Waals surface area contributed by atoms with Crippen LogP contribution in [-0.4, -0.2) is 20.1 Å². The zero-order valence-electron chi connectivity index (χ0n) is 11.2. The standard InChI is InChI=1S/C16H19N3/c1-18-9-10-19(16-8-3-2-7-15(16)18)12-13-5-4-6-14(17)11-13/h2-8,11H,9-10,12,17H2,1H3. The molecule has 98 valence electrons. The minimum absolute atomic E-state index is 0.833. The van der Waals surface area contributed by atoms with E-state index in [1.54, 1.807) is 0 Å². The van der Waals surface area contributed by atoms with Crippen molar-refractivity contribution in [2.75, 3.05) is 35.7 Å². The van der Waals surface area contributed by atoms with E-state index in [2.05, 4.69) is 53.2 Å². The van der Waals surface area contributed by atoms with Gasteiger partial charge in [0.15, 0.2) is 0 Å². The van der Waals surface area contributed by atoms with Gasteiger partial charge in [0.2, 0.25) is 0 Å². The quantitative estimate of drug-likeness (QED) is 0.835. The molecule has 2 aromatic rings. The summed E-state index contributed by atoms with van der Waals surface area (Å²) in [7, 11) is 2.15. The normalized spacial score (nSPS) is 14.4. The van der Waals surface area contributed by atoms with E-state index in [4.69, 9.17) is 5.73 Å². The van der Waals surface area contributed by atoms with E-state index in [0.717, 1.165) is 25.3 Å². The molecule has 3 heteroatoms. The van der Waals surface area contributed by atoms with Crippen LogP contribution in [0.5, 0.6) is 0 Å². The molecule has 0 radical (unpaired) electrons. The van der Waals surface area contributed by atoms with Crippen molar-refractivity contribution >= 4 is 17.1 Å². The van der Waals surface area contributed by atoms with Crippen molar-refractivity contribution < 1.29 is 0 Å². The summed E-state index contributed by atoms with van der Waals surface area (Å²) in [5.74, 6) is 0. The van der Waals surface area contributed by atoms with Crippen molar-refractivity contribution in [2.24, 2.45) is 0 Å². The highest BCUT2D eigenvalue weighted by Gasteiger charge is 2.19. The molecular weight excluding hydrogens is 234 g/mol. The van der Waals surface area contributed by atoms with Crippen molar-refractivity contribution in [3.63, 3.8) is 0 Å². The van der Waals surface area contributed by atoms with Gasteiger partial charge in [-0.3, -0.25) is 0 Å². The van der Waals surface area contributed by atoms with Gasteiger partial charge in [0.25, 0.3) is 0 Å². The van der Waals surface area contributed by atoms with Gasteiger partial charge in [-0.25, -0.2) is 0 Å². The van der Waals surface area contributed by atoms with Gasteiger partial charge in [-0.2, -0.15) is 0 Å². The Morgan fingerprint density at radius 2 is 1.79 bits per heavy atom. The first-order chi connectivity index (χ1) is 9.24. The molecule has 0 saturated carbocycles. The molecule has 0 unspecified atom stereocenters. The molecule has 1 heterocycles. The van der Waals surface area contributed by atoms with Crippen LogP contribution in [0.15, 0.2) is 48.5 Å². The van der Waals surface area contributed by atoms with Gasteiger partial charge in [0.1, 0.15) is 0 Å². The Balaban J connectivity index is 1.89. The van der Waals surface area contributed by atoms with Crippen molar-refractivity contribution in [1.29, 1.82) is 0 Å². The first kappa shape index (κ1) is 11.9. The molecule has 0 aliphatic carbocycles. The average molecular weight is 253 g/mol. The lowest BCUT2D eigenvalue weighted by Gasteiger charge is -2.37. The molecule has 0 fully saturated rings. The minimum atomic E-state index is 0.833. The molecule has 0 amide bonds. The smallest absolute Gasteiger partial charge is 0.0607 e. The predicted octanol–water partition coefficient (Wildman–Crippen LogP) is 2.73.